The summed E-state index contributed by atoms with van der Waals surface area (Å²) in [6.07, 6.45) is 2.40. The van der Waals surface area contributed by atoms with Crippen LogP contribution in [-0.2, 0) is 4.74 Å². The Labute approximate surface area is 154 Å². The number of allylic oxidation sites excluding steroid dienone is 1. The third-order valence-electron chi connectivity index (χ3n) is 3.58. The van der Waals surface area contributed by atoms with Gasteiger partial charge in [-0.15, -0.1) is 0 Å². The fraction of sp³-hybridized carbons (Fsp3) is 0.167. The molecule has 0 aliphatic carbocycles. The highest BCUT2D eigenvalue weighted by atomic mass is 16.6. The van der Waals surface area contributed by atoms with Gasteiger partial charge in [-0.1, -0.05) is 6.08 Å². The van der Waals surface area contributed by atoms with Crippen molar-refractivity contribution in [1.29, 1.82) is 0 Å². The molecule has 2 aromatic rings. The molecule has 0 amide bonds. The molecule has 0 spiro atoms. The van der Waals surface area contributed by atoms with Crippen LogP contribution >= 0.6 is 0 Å². The smallest absolute Gasteiger partial charge is 0.356 e. The number of ketones is 1. The maximum absolute atomic E-state index is 12.5. The molecular weight excluding hydrogens is 356 g/mol. The molecule has 0 aliphatic heterocycles. The van der Waals surface area contributed by atoms with Gasteiger partial charge in [-0.3, -0.25) is 14.9 Å². The second-order valence-electron chi connectivity index (χ2n) is 5.43. The first-order valence-corrected chi connectivity index (χ1v) is 7.61. The monoisotopic (exact) mass is 372 g/mol. The van der Waals surface area contributed by atoms with Crippen LogP contribution in [0.15, 0.2) is 30.3 Å². The Balaban J connectivity index is 2.46. The Kier molecular flexibility index (Phi) is 5.86. The van der Waals surface area contributed by atoms with Crippen molar-refractivity contribution in [2.24, 2.45) is 0 Å². The first-order valence-electron chi connectivity index (χ1n) is 7.61. The number of hydrogen-bond acceptors (Lipinski definition) is 8. The molecule has 0 saturated heterocycles. The molecule has 9 heteroatoms. The van der Waals surface area contributed by atoms with Crippen LogP contribution in [0.1, 0.15) is 32.1 Å². The summed E-state index contributed by atoms with van der Waals surface area (Å²) in [6.45, 7) is 1.45. The number of aromatic nitrogens is 1. The van der Waals surface area contributed by atoms with E-state index in [2.05, 4.69) is 9.72 Å². The molecule has 0 atom stereocenters. The molecular formula is C18H16N2O7. The van der Waals surface area contributed by atoms with Gasteiger partial charge < -0.3 is 14.6 Å². The number of phenols is 1. The Morgan fingerprint density at radius 3 is 2.48 bits per heavy atom. The summed E-state index contributed by atoms with van der Waals surface area (Å²) >= 11 is 0. The number of carbonyl (C=O) groups is 2. The SMILES string of the molecule is COC(=O)c1nc(C(=O)/C=C/c2cc(O)cc(OC)c2)c([N+](=O)[O-])cc1C. The van der Waals surface area contributed by atoms with Crippen LogP contribution in [0, 0.1) is 17.0 Å². The maximum Gasteiger partial charge on any atom is 0.356 e. The highest BCUT2D eigenvalue weighted by Crippen LogP contribution is 2.24. The molecule has 1 aromatic carbocycles. The number of methoxy groups -OCH3 is 2. The predicted molar refractivity (Wildman–Crippen MR) is 95.0 cm³/mol. The van der Waals surface area contributed by atoms with E-state index in [9.17, 15) is 24.8 Å². The number of carbonyl (C=O) groups excluding carboxylic acids is 2. The summed E-state index contributed by atoms with van der Waals surface area (Å²) in [5.74, 6) is -1.30. The number of pyridine rings is 1. The fourth-order valence-electron chi connectivity index (χ4n) is 2.29. The number of nitrogens with zero attached hydrogens (tertiary/aromatic N) is 2. The van der Waals surface area contributed by atoms with Gasteiger partial charge in [-0.25, -0.2) is 9.78 Å². The third-order valence-corrected chi connectivity index (χ3v) is 3.58. The van der Waals surface area contributed by atoms with Crippen molar-refractivity contribution in [3.8, 4) is 11.5 Å². The van der Waals surface area contributed by atoms with Gasteiger partial charge in [-0.05, 0) is 36.3 Å². The van der Waals surface area contributed by atoms with Crippen LogP contribution in [0.4, 0.5) is 5.69 Å². The van der Waals surface area contributed by atoms with Gasteiger partial charge in [0.05, 0.1) is 19.1 Å². The van der Waals surface area contributed by atoms with E-state index in [1.807, 2.05) is 0 Å². The van der Waals surface area contributed by atoms with Gasteiger partial charge in [0, 0.05) is 12.1 Å². The molecule has 0 radical (unpaired) electrons. The Morgan fingerprint density at radius 1 is 1.19 bits per heavy atom. The van der Waals surface area contributed by atoms with Crippen LogP contribution < -0.4 is 4.74 Å². The molecule has 9 nitrogen and oxygen atoms in total. The van der Waals surface area contributed by atoms with Crippen LogP contribution in [0.2, 0.25) is 0 Å². The number of ether oxygens (including phenoxy) is 2. The summed E-state index contributed by atoms with van der Waals surface area (Å²) in [5.41, 5.74) is -0.550. The number of esters is 1. The third kappa shape index (κ3) is 4.46. The van der Waals surface area contributed by atoms with Crippen LogP contribution in [0.3, 0.4) is 0 Å². The molecule has 0 saturated carbocycles. The molecule has 27 heavy (non-hydrogen) atoms. The zero-order valence-corrected chi connectivity index (χ0v) is 14.8. The van der Waals surface area contributed by atoms with Crippen molar-refractivity contribution in [1.82, 2.24) is 4.98 Å². The van der Waals surface area contributed by atoms with Gasteiger partial charge in [0.25, 0.3) is 5.69 Å². The van der Waals surface area contributed by atoms with E-state index in [-0.39, 0.29) is 17.0 Å². The van der Waals surface area contributed by atoms with Crippen molar-refractivity contribution in [3.05, 3.63) is 63.0 Å². The van der Waals surface area contributed by atoms with Crippen molar-refractivity contribution in [2.75, 3.05) is 14.2 Å². The topological polar surface area (TPSA) is 129 Å². The second-order valence-corrected chi connectivity index (χ2v) is 5.43. The standard InChI is InChI=1S/C18H16N2O7/c1-10-6-14(20(24)25)17(19-16(10)18(23)27-3)15(22)5-4-11-7-12(21)9-13(8-11)26-2/h4-9,21H,1-3H3/b5-4+. The van der Waals surface area contributed by atoms with Gasteiger partial charge >= 0.3 is 5.97 Å². The molecule has 1 aromatic heterocycles. The predicted octanol–water partition coefficient (Wildman–Crippen LogP) is 2.70. The number of aryl methyl sites for hydroxylation is 1. The molecule has 0 bridgehead atoms. The summed E-state index contributed by atoms with van der Waals surface area (Å²) in [7, 11) is 2.56. The first-order chi connectivity index (χ1) is 12.8. The van der Waals surface area contributed by atoms with E-state index in [4.69, 9.17) is 4.74 Å². The number of benzene rings is 1. The fourth-order valence-corrected chi connectivity index (χ4v) is 2.29. The highest BCUT2D eigenvalue weighted by Gasteiger charge is 2.25. The molecule has 2 rings (SSSR count). The summed E-state index contributed by atoms with van der Waals surface area (Å²) in [4.78, 5) is 38.6. The lowest BCUT2D eigenvalue weighted by atomic mass is 10.1. The average molecular weight is 372 g/mol. The highest BCUT2D eigenvalue weighted by molar-refractivity contribution is 6.08. The lowest BCUT2D eigenvalue weighted by molar-refractivity contribution is -0.385. The van der Waals surface area contributed by atoms with Gasteiger partial charge in [0.1, 0.15) is 11.5 Å². The minimum Gasteiger partial charge on any atom is -0.508 e. The lowest BCUT2D eigenvalue weighted by Gasteiger charge is -2.06. The number of aromatic hydroxyl groups is 1. The van der Waals surface area contributed by atoms with E-state index in [1.54, 1.807) is 6.07 Å². The normalized spacial score (nSPS) is 10.6. The molecule has 0 fully saturated rings. The second kappa shape index (κ2) is 8.09. The summed E-state index contributed by atoms with van der Waals surface area (Å²) in [5, 5.41) is 20.9. The first kappa shape index (κ1) is 19.6. The molecule has 140 valence electrons. The maximum atomic E-state index is 12.5. The lowest BCUT2D eigenvalue weighted by Crippen LogP contribution is -2.13. The summed E-state index contributed by atoms with van der Waals surface area (Å²) < 4.78 is 9.59. The van der Waals surface area contributed by atoms with Crippen LogP contribution in [0.25, 0.3) is 6.08 Å². The van der Waals surface area contributed by atoms with Gasteiger partial charge in [0.15, 0.2) is 11.4 Å². The van der Waals surface area contributed by atoms with E-state index in [0.717, 1.165) is 19.3 Å². The van der Waals surface area contributed by atoms with E-state index < -0.39 is 28.1 Å². The van der Waals surface area contributed by atoms with Crippen molar-refractivity contribution in [3.63, 3.8) is 0 Å². The molecule has 1 N–H and O–H groups in total. The molecule has 0 unspecified atom stereocenters. The number of hydrogen-bond donors (Lipinski definition) is 1. The molecule has 1 heterocycles. The zero-order chi connectivity index (χ0) is 20.1. The van der Waals surface area contributed by atoms with Crippen molar-refractivity contribution >= 4 is 23.5 Å². The van der Waals surface area contributed by atoms with Crippen molar-refractivity contribution in [2.45, 2.75) is 6.92 Å². The zero-order valence-electron chi connectivity index (χ0n) is 14.8. The van der Waals surface area contributed by atoms with E-state index in [1.165, 1.54) is 32.2 Å². The van der Waals surface area contributed by atoms with E-state index >= 15 is 0 Å². The molecule has 0 aliphatic rings. The minimum absolute atomic E-state index is 0.0751. The summed E-state index contributed by atoms with van der Waals surface area (Å²) in [6, 6.07) is 5.41. The minimum atomic E-state index is -0.807. The Morgan fingerprint density at radius 2 is 1.89 bits per heavy atom. The Hall–Kier alpha value is -3.75. The van der Waals surface area contributed by atoms with Crippen LogP contribution in [0.5, 0.6) is 11.5 Å². The number of rotatable bonds is 6. The van der Waals surface area contributed by atoms with Crippen molar-refractivity contribution < 1.29 is 29.1 Å². The quantitative estimate of drug-likeness (QED) is 0.269. The average Bonchev–Trinajstić information content (AvgIpc) is 2.64. The van der Waals surface area contributed by atoms with Gasteiger partial charge in [-0.2, -0.15) is 0 Å². The van der Waals surface area contributed by atoms with Gasteiger partial charge in [0.2, 0.25) is 5.78 Å². The number of phenolic OH excluding ortho intramolecular Hbond substituents is 1. The largest absolute Gasteiger partial charge is 0.508 e. The number of nitro groups is 1. The van der Waals surface area contributed by atoms with Crippen LogP contribution in [-0.4, -0.2) is 41.0 Å². The van der Waals surface area contributed by atoms with E-state index in [0.29, 0.717) is 11.3 Å². The Bertz CT molecular complexity index is 951.